The standard InChI is InChI=1S/C12H15NO/c1-9(2)10(3)12(14)13-11-7-5-4-6-8-11/h4-9H,3H2,1-2H3,(H,13,14). The van der Waals surface area contributed by atoms with Crippen molar-refractivity contribution in [2.75, 3.05) is 5.32 Å². The van der Waals surface area contributed by atoms with E-state index >= 15 is 0 Å². The predicted molar refractivity (Wildman–Crippen MR) is 59.0 cm³/mol. The lowest BCUT2D eigenvalue weighted by molar-refractivity contribution is -0.113. The van der Waals surface area contributed by atoms with Gasteiger partial charge in [0.2, 0.25) is 0 Å². The summed E-state index contributed by atoms with van der Waals surface area (Å²) in [6, 6.07) is 9.38. The van der Waals surface area contributed by atoms with Crippen molar-refractivity contribution in [3.05, 3.63) is 42.5 Å². The van der Waals surface area contributed by atoms with Crippen molar-refractivity contribution in [1.82, 2.24) is 0 Å². The molecule has 0 fully saturated rings. The number of carbonyl (C=O) groups excluding carboxylic acids is 1. The summed E-state index contributed by atoms with van der Waals surface area (Å²) in [6.07, 6.45) is 0. The van der Waals surface area contributed by atoms with E-state index in [-0.39, 0.29) is 11.8 Å². The molecule has 2 heteroatoms. The van der Waals surface area contributed by atoms with Crippen LogP contribution in [0.2, 0.25) is 0 Å². The van der Waals surface area contributed by atoms with E-state index in [1.807, 2.05) is 44.2 Å². The Balaban J connectivity index is 2.63. The molecule has 0 heterocycles. The summed E-state index contributed by atoms with van der Waals surface area (Å²) in [4.78, 5) is 11.5. The van der Waals surface area contributed by atoms with E-state index < -0.39 is 0 Å². The number of rotatable bonds is 3. The molecule has 1 aromatic rings. The Morgan fingerprint density at radius 1 is 1.29 bits per heavy atom. The molecule has 0 aliphatic carbocycles. The van der Waals surface area contributed by atoms with Crippen molar-refractivity contribution in [2.24, 2.45) is 5.92 Å². The van der Waals surface area contributed by atoms with E-state index in [9.17, 15) is 4.79 Å². The maximum Gasteiger partial charge on any atom is 0.251 e. The van der Waals surface area contributed by atoms with Gasteiger partial charge in [-0.05, 0) is 18.1 Å². The average Bonchev–Trinajstić information content (AvgIpc) is 2.18. The number of para-hydroxylation sites is 1. The van der Waals surface area contributed by atoms with E-state index in [0.29, 0.717) is 5.57 Å². The highest BCUT2D eigenvalue weighted by molar-refractivity contribution is 6.03. The fourth-order valence-corrected chi connectivity index (χ4v) is 0.995. The molecule has 1 N–H and O–H groups in total. The third-order valence-corrected chi connectivity index (χ3v) is 2.02. The van der Waals surface area contributed by atoms with Gasteiger partial charge in [0.05, 0.1) is 0 Å². The molecule has 0 atom stereocenters. The first-order valence-electron chi connectivity index (χ1n) is 4.66. The van der Waals surface area contributed by atoms with Crippen LogP contribution < -0.4 is 5.32 Å². The second kappa shape index (κ2) is 4.61. The summed E-state index contributed by atoms with van der Waals surface area (Å²) in [7, 11) is 0. The molecule has 0 radical (unpaired) electrons. The second-order valence-electron chi connectivity index (χ2n) is 3.50. The highest BCUT2D eigenvalue weighted by atomic mass is 16.1. The largest absolute Gasteiger partial charge is 0.322 e. The van der Waals surface area contributed by atoms with Crippen molar-refractivity contribution in [2.45, 2.75) is 13.8 Å². The summed E-state index contributed by atoms with van der Waals surface area (Å²) < 4.78 is 0. The van der Waals surface area contributed by atoms with Crippen LogP contribution in [-0.2, 0) is 4.79 Å². The number of nitrogens with one attached hydrogen (secondary N) is 1. The van der Waals surface area contributed by atoms with Crippen LogP contribution in [0.4, 0.5) is 5.69 Å². The lowest BCUT2D eigenvalue weighted by atomic mass is 10.0. The Morgan fingerprint density at radius 2 is 1.86 bits per heavy atom. The van der Waals surface area contributed by atoms with E-state index in [0.717, 1.165) is 5.69 Å². The number of hydrogen-bond donors (Lipinski definition) is 1. The van der Waals surface area contributed by atoms with Gasteiger partial charge < -0.3 is 5.32 Å². The molecule has 0 aliphatic heterocycles. The van der Waals surface area contributed by atoms with Gasteiger partial charge in [0.15, 0.2) is 0 Å². The molecule has 1 rings (SSSR count). The van der Waals surface area contributed by atoms with Crippen LogP contribution in [0.1, 0.15) is 13.8 Å². The summed E-state index contributed by atoms with van der Waals surface area (Å²) in [6.45, 7) is 7.64. The van der Waals surface area contributed by atoms with Crippen molar-refractivity contribution in [3.8, 4) is 0 Å². The summed E-state index contributed by atoms with van der Waals surface area (Å²) in [5, 5.41) is 2.78. The normalized spacial score (nSPS) is 9.93. The smallest absolute Gasteiger partial charge is 0.251 e. The van der Waals surface area contributed by atoms with Gasteiger partial charge in [0.25, 0.3) is 5.91 Å². The van der Waals surface area contributed by atoms with Crippen molar-refractivity contribution in [1.29, 1.82) is 0 Å². The van der Waals surface area contributed by atoms with Gasteiger partial charge in [-0.3, -0.25) is 4.79 Å². The number of benzene rings is 1. The topological polar surface area (TPSA) is 29.1 Å². The van der Waals surface area contributed by atoms with E-state index in [4.69, 9.17) is 0 Å². The minimum absolute atomic E-state index is 0.105. The SMILES string of the molecule is C=C(C(=O)Nc1ccccc1)C(C)C. The van der Waals surface area contributed by atoms with Gasteiger partial charge in [0.1, 0.15) is 0 Å². The monoisotopic (exact) mass is 189 g/mol. The van der Waals surface area contributed by atoms with Crippen molar-refractivity contribution in [3.63, 3.8) is 0 Å². The van der Waals surface area contributed by atoms with Crippen molar-refractivity contribution >= 4 is 11.6 Å². The first-order chi connectivity index (χ1) is 6.61. The lowest BCUT2D eigenvalue weighted by Gasteiger charge is -2.09. The van der Waals surface area contributed by atoms with Gasteiger partial charge in [-0.15, -0.1) is 0 Å². The molecule has 2 nitrogen and oxygen atoms in total. The summed E-state index contributed by atoms with van der Waals surface area (Å²) >= 11 is 0. The first-order valence-corrected chi connectivity index (χ1v) is 4.66. The molecular formula is C12H15NO. The molecule has 0 spiro atoms. The molecule has 14 heavy (non-hydrogen) atoms. The van der Waals surface area contributed by atoms with Crippen LogP contribution in [0.3, 0.4) is 0 Å². The molecule has 1 amide bonds. The third kappa shape index (κ3) is 2.73. The Hall–Kier alpha value is -1.57. The fraction of sp³-hybridized carbons (Fsp3) is 0.250. The lowest BCUT2D eigenvalue weighted by Crippen LogP contribution is -2.16. The Labute approximate surface area is 84.6 Å². The van der Waals surface area contributed by atoms with Gasteiger partial charge >= 0.3 is 0 Å². The quantitative estimate of drug-likeness (QED) is 0.728. The van der Waals surface area contributed by atoms with Gasteiger partial charge in [0, 0.05) is 11.3 Å². The van der Waals surface area contributed by atoms with Crippen LogP contribution in [0, 0.1) is 5.92 Å². The molecule has 1 aromatic carbocycles. The van der Waals surface area contributed by atoms with Gasteiger partial charge in [-0.1, -0.05) is 38.6 Å². The van der Waals surface area contributed by atoms with Crippen molar-refractivity contribution < 1.29 is 4.79 Å². The zero-order chi connectivity index (χ0) is 10.6. The predicted octanol–water partition coefficient (Wildman–Crippen LogP) is 2.84. The zero-order valence-electron chi connectivity index (χ0n) is 8.58. The zero-order valence-corrected chi connectivity index (χ0v) is 8.58. The Kier molecular flexibility index (Phi) is 3.46. The van der Waals surface area contributed by atoms with E-state index in [2.05, 4.69) is 11.9 Å². The van der Waals surface area contributed by atoms with Crippen LogP contribution in [0.5, 0.6) is 0 Å². The highest BCUT2D eigenvalue weighted by Gasteiger charge is 2.09. The van der Waals surface area contributed by atoms with Crippen LogP contribution in [-0.4, -0.2) is 5.91 Å². The number of hydrogen-bond acceptors (Lipinski definition) is 1. The van der Waals surface area contributed by atoms with Gasteiger partial charge in [-0.25, -0.2) is 0 Å². The number of amides is 1. The van der Waals surface area contributed by atoms with E-state index in [1.165, 1.54) is 0 Å². The third-order valence-electron chi connectivity index (χ3n) is 2.02. The molecule has 0 saturated carbocycles. The number of carbonyl (C=O) groups is 1. The molecule has 0 saturated heterocycles. The maximum absolute atomic E-state index is 11.5. The molecular weight excluding hydrogens is 174 g/mol. The molecule has 0 unspecified atom stereocenters. The minimum Gasteiger partial charge on any atom is -0.322 e. The van der Waals surface area contributed by atoms with Crippen LogP contribution in [0.25, 0.3) is 0 Å². The van der Waals surface area contributed by atoms with Crippen LogP contribution in [0.15, 0.2) is 42.5 Å². The van der Waals surface area contributed by atoms with Gasteiger partial charge in [-0.2, -0.15) is 0 Å². The molecule has 0 bridgehead atoms. The van der Waals surface area contributed by atoms with Crippen LogP contribution >= 0.6 is 0 Å². The summed E-state index contributed by atoms with van der Waals surface area (Å²) in [5.41, 5.74) is 1.41. The highest BCUT2D eigenvalue weighted by Crippen LogP contribution is 2.11. The second-order valence-corrected chi connectivity index (χ2v) is 3.50. The number of anilines is 1. The van der Waals surface area contributed by atoms with E-state index in [1.54, 1.807) is 0 Å². The minimum atomic E-state index is -0.105. The Bertz CT molecular complexity index is 327. The molecule has 0 aromatic heterocycles. The Morgan fingerprint density at radius 3 is 2.36 bits per heavy atom. The molecule has 0 aliphatic rings. The molecule has 74 valence electrons. The first kappa shape index (κ1) is 10.5. The average molecular weight is 189 g/mol. The summed E-state index contributed by atoms with van der Waals surface area (Å²) in [5.74, 6) is 0.0740. The maximum atomic E-state index is 11.5. The fourth-order valence-electron chi connectivity index (χ4n) is 0.995.